The minimum Gasteiger partial charge on any atom is -0.465 e. The fraction of sp³-hybridized carbons (Fsp3) is 0.600. The molecular weight excluding hydrogens is 268 g/mol. The van der Waals surface area contributed by atoms with Crippen LogP contribution in [0.15, 0.2) is 12.3 Å². The normalized spacial score (nSPS) is 16.7. The zero-order valence-corrected chi connectivity index (χ0v) is 13.0. The summed E-state index contributed by atoms with van der Waals surface area (Å²) in [7, 11) is 5.47. The first kappa shape index (κ1) is 15.6. The number of esters is 1. The van der Waals surface area contributed by atoms with Gasteiger partial charge in [-0.3, -0.25) is 0 Å². The van der Waals surface area contributed by atoms with E-state index >= 15 is 0 Å². The third-order valence-electron chi connectivity index (χ3n) is 4.11. The smallest absolute Gasteiger partial charge is 0.340 e. The Hall–Kier alpha value is -1.82. The number of aromatic nitrogens is 1. The van der Waals surface area contributed by atoms with Crippen LogP contribution in [0.4, 0.5) is 11.5 Å². The molecule has 1 saturated heterocycles. The lowest BCUT2D eigenvalue weighted by Crippen LogP contribution is -2.36. The largest absolute Gasteiger partial charge is 0.465 e. The van der Waals surface area contributed by atoms with Gasteiger partial charge in [-0.2, -0.15) is 0 Å². The lowest BCUT2D eigenvalue weighted by atomic mass is 9.96. The molecule has 21 heavy (non-hydrogen) atoms. The number of nitrogens with two attached hydrogens (primary N) is 1. The van der Waals surface area contributed by atoms with Gasteiger partial charge < -0.3 is 20.3 Å². The maximum absolute atomic E-state index is 11.7. The van der Waals surface area contributed by atoms with Crippen LogP contribution in [0.25, 0.3) is 0 Å². The number of rotatable bonds is 4. The number of methoxy groups -OCH3 is 1. The number of anilines is 2. The summed E-state index contributed by atoms with van der Waals surface area (Å²) in [5.74, 6) is 0.856. The number of hydrogen-bond donors (Lipinski definition) is 1. The fourth-order valence-corrected chi connectivity index (χ4v) is 2.77. The molecule has 0 aromatic carbocycles. The van der Waals surface area contributed by atoms with Crippen LogP contribution in [0.3, 0.4) is 0 Å². The quantitative estimate of drug-likeness (QED) is 0.842. The summed E-state index contributed by atoms with van der Waals surface area (Å²) in [6, 6.07) is 1.59. The molecule has 1 aromatic rings. The number of carbonyl (C=O) groups excluding carboxylic acids is 1. The molecule has 0 unspecified atom stereocenters. The Morgan fingerprint density at radius 3 is 2.81 bits per heavy atom. The molecule has 116 valence electrons. The fourth-order valence-electron chi connectivity index (χ4n) is 2.77. The number of hydrogen-bond acceptors (Lipinski definition) is 6. The number of nitrogens with zero attached hydrogens (tertiary/aromatic N) is 3. The van der Waals surface area contributed by atoms with Gasteiger partial charge in [0.15, 0.2) is 5.82 Å². The van der Waals surface area contributed by atoms with Gasteiger partial charge in [-0.15, -0.1) is 0 Å². The summed E-state index contributed by atoms with van der Waals surface area (Å²) in [4.78, 5) is 20.4. The van der Waals surface area contributed by atoms with Gasteiger partial charge in [-0.25, -0.2) is 9.78 Å². The molecule has 6 nitrogen and oxygen atoms in total. The monoisotopic (exact) mass is 292 g/mol. The highest BCUT2D eigenvalue weighted by Gasteiger charge is 2.21. The van der Waals surface area contributed by atoms with Crippen molar-refractivity contribution in [2.75, 3.05) is 51.5 Å². The minimum atomic E-state index is -0.427. The Kier molecular flexibility index (Phi) is 5.01. The van der Waals surface area contributed by atoms with Crippen molar-refractivity contribution in [1.29, 1.82) is 0 Å². The van der Waals surface area contributed by atoms with Crippen molar-refractivity contribution < 1.29 is 9.53 Å². The van der Waals surface area contributed by atoms with Crippen molar-refractivity contribution in [3.05, 3.63) is 17.8 Å². The molecule has 1 aliphatic heterocycles. The number of piperidine rings is 1. The second kappa shape index (κ2) is 6.76. The second-order valence-corrected chi connectivity index (χ2v) is 5.71. The molecule has 0 atom stereocenters. The lowest BCUT2D eigenvalue weighted by molar-refractivity contribution is 0.0602. The average molecular weight is 292 g/mol. The third kappa shape index (κ3) is 3.64. The maximum atomic E-state index is 11.7. The molecule has 0 bridgehead atoms. The van der Waals surface area contributed by atoms with E-state index in [2.05, 4.69) is 16.9 Å². The molecule has 0 radical (unpaired) electrons. The van der Waals surface area contributed by atoms with E-state index in [-0.39, 0.29) is 0 Å². The molecule has 2 heterocycles. The summed E-state index contributed by atoms with van der Waals surface area (Å²) in [5, 5.41) is 0. The van der Waals surface area contributed by atoms with E-state index in [9.17, 15) is 4.79 Å². The predicted octanol–water partition coefficient (Wildman–Crippen LogP) is 1.23. The minimum absolute atomic E-state index is 0.373. The summed E-state index contributed by atoms with van der Waals surface area (Å²) < 4.78 is 4.74. The van der Waals surface area contributed by atoms with Crippen LogP contribution in [0.5, 0.6) is 0 Å². The van der Waals surface area contributed by atoms with Crippen LogP contribution in [-0.4, -0.2) is 56.7 Å². The molecule has 1 aromatic heterocycles. The zero-order chi connectivity index (χ0) is 15.4. The van der Waals surface area contributed by atoms with Gasteiger partial charge in [0.25, 0.3) is 0 Å². The Morgan fingerprint density at radius 1 is 1.52 bits per heavy atom. The van der Waals surface area contributed by atoms with Crippen LogP contribution >= 0.6 is 0 Å². The molecule has 2 rings (SSSR count). The summed E-state index contributed by atoms with van der Waals surface area (Å²) in [6.07, 6.45) is 3.96. The van der Waals surface area contributed by atoms with Crippen molar-refractivity contribution in [2.24, 2.45) is 5.92 Å². The van der Waals surface area contributed by atoms with Gasteiger partial charge in [-0.05, 0) is 45.0 Å². The van der Waals surface area contributed by atoms with Crippen LogP contribution in [-0.2, 0) is 4.74 Å². The first-order chi connectivity index (χ1) is 10.0. The van der Waals surface area contributed by atoms with Crippen molar-refractivity contribution in [2.45, 2.75) is 12.8 Å². The molecule has 0 amide bonds. The van der Waals surface area contributed by atoms with Crippen molar-refractivity contribution in [3.63, 3.8) is 0 Å². The lowest BCUT2D eigenvalue weighted by Gasteiger charge is -2.32. The number of ether oxygens (including phenoxy) is 1. The highest BCUT2D eigenvalue weighted by Crippen LogP contribution is 2.26. The number of pyridine rings is 1. The van der Waals surface area contributed by atoms with E-state index in [0.717, 1.165) is 19.6 Å². The highest BCUT2D eigenvalue weighted by molar-refractivity contribution is 5.97. The summed E-state index contributed by atoms with van der Waals surface area (Å²) >= 11 is 0. The first-order valence-electron chi connectivity index (χ1n) is 7.25. The Bertz CT molecular complexity index is 498. The number of carbonyl (C=O) groups is 1. The van der Waals surface area contributed by atoms with Crippen LogP contribution < -0.4 is 10.6 Å². The van der Waals surface area contributed by atoms with Gasteiger partial charge in [0.05, 0.1) is 18.4 Å². The standard InChI is InChI=1S/C15H24N4O2/c1-18-8-5-11(6-9-18)10-19(2)14-13(16)12(4-7-17-14)15(20)21-3/h4,7,11H,5-6,8-10,16H2,1-3H3. The number of nitrogen functional groups attached to an aromatic ring is 1. The summed E-state index contributed by atoms with van der Waals surface area (Å²) in [5.41, 5.74) is 6.84. The van der Waals surface area contributed by atoms with Crippen LogP contribution in [0, 0.1) is 5.92 Å². The average Bonchev–Trinajstić information content (AvgIpc) is 2.49. The SMILES string of the molecule is COC(=O)c1ccnc(N(C)CC2CCN(C)CC2)c1N. The molecule has 0 saturated carbocycles. The molecule has 0 spiro atoms. The Morgan fingerprint density at radius 2 is 2.19 bits per heavy atom. The molecule has 0 aliphatic carbocycles. The van der Waals surface area contributed by atoms with Gasteiger partial charge in [0, 0.05) is 19.8 Å². The Labute approximate surface area is 125 Å². The van der Waals surface area contributed by atoms with E-state index in [1.807, 2.05) is 11.9 Å². The predicted molar refractivity (Wildman–Crippen MR) is 83.5 cm³/mol. The molecule has 1 aliphatic rings. The second-order valence-electron chi connectivity index (χ2n) is 5.71. The van der Waals surface area contributed by atoms with Crippen LogP contribution in [0.1, 0.15) is 23.2 Å². The topological polar surface area (TPSA) is 71.7 Å². The van der Waals surface area contributed by atoms with E-state index in [4.69, 9.17) is 10.5 Å². The third-order valence-corrected chi connectivity index (χ3v) is 4.11. The van der Waals surface area contributed by atoms with Gasteiger partial charge >= 0.3 is 5.97 Å². The molecular formula is C15H24N4O2. The van der Waals surface area contributed by atoms with Crippen molar-refractivity contribution >= 4 is 17.5 Å². The molecule has 6 heteroatoms. The zero-order valence-electron chi connectivity index (χ0n) is 13.0. The Balaban J connectivity index is 2.08. The first-order valence-corrected chi connectivity index (χ1v) is 7.25. The number of likely N-dealkylation sites (tertiary alicyclic amines) is 1. The van der Waals surface area contributed by atoms with Crippen molar-refractivity contribution in [1.82, 2.24) is 9.88 Å². The van der Waals surface area contributed by atoms with E-state index < -0.39 is 5.97 Å². The van der Waals surface area contributed by atoms with E-state index in [1.54, 1.807) is 12.3 Å². The summed E-state index contributed by atoms with van der Waals surface area (Å²) in [6.45, 7) is 3.16. The maximum Gasteiger partial charge on any atom is 0.340 e. The highest BCUT2D eigenvalue weighted by atomic mass is 16.5. The molecule has 2 N–H and O–H groups in total. The van der Waals surface area contributed by atoms with Gasteiger partial charge in [0.1, 0.15) is 0 Å². The van der Waals surface area contributed by atoms with E-state index in [1.165, 1.54) is 20.0 Å². The van der Waals surface area contributed by atoms with Gasteiger partial charge in [0.2, 0.25) is 0 Å². The van der Waals surface area contributed by atoms with Gasteiger partial charge in [-0.1, -0.05) is 0 Å². The van der Waals surface area contributed by atoms with Crippen molar-refractivity contribution in [3.8, 4) is 0 Å². The van der Waals surface area contributed by atoms with Crippen LogP contribution in [0.2, 0.25) is 0 Å². The van der Waals surface area contributed by atoms with E-state index in [0.29, 0.717) is 23.0 Å². The molecule has 1 fully saturated rings.